The summed E-state index contributed by atoms with van der Waals surface area (Å²) in [6, 6.07) is 34.1. The van der Waals surface area contributed by atoms with Crippen molar-refractivity contribution in [2.75, 3.05) is 0 Å². The first kappa shape index (κ1) is 46.6. The third-order valence-electron chi connectivity index (χ3n) is 17.6. The van der Waals surface area contributed by atoms with Crippen LogP contribution >= 0.6 is 0 Å². The van der Waals surface area contributed by atoms with Crippen LogP contribution in [0.5, 0.6) is 0 Å². The summed E-state index contributed by atoms with van der Waals surface area (Å²) in [5, 5.41) is 10.1. The van der Waals surface area contributed by atoms with Crippen molar-refractivity contribution < 1.29 is 0 Å². The Balaban J connectivity index is 1.89. The summed E-state index contributed by atoms with van der Waals surface area (Å²) in [5.41, 5.74) is 7.06. The van der Waals surface area contributed by atoms with Crippen LogP contribution in [0.25, 0.3) is 40.8 Å². The predicted molar refractivity (Wildman–Crippen MR) is 273 cm³/mol. The van der Waals surface area contributed by atoms with Crippen LogP contribution in [0.1, 0.15) is 105 Å². The molecular weight excluding hydrogens is 871 g/mol. The molecular formula is C50H82Se2Si4. The van der Waals surface area contributed by atoms with Crippen molar-refractivity contribution in [1.29, 1.82) is 0 Å². The Bertz CT molecular complexity index is 1700. The zero-order chi connectivity index (χ0) is 40.7. The van der Waals surface area contributed by atoms with Gasteiger partial charge in [-0.1, -0.05) is 0 Å². The molecule has 0 unspecified atom stereocenters. The van der Waals surface area contributed by atoms with Gasteiger partial charge in [-0.3, -0.25) is 0 Å². The fraction of sp³-hybridized carbons (Fsp3) is 0.640. The van der Waals surface area contributed by atoms with E-state index in [1.54, 1.807) is 63.1 Å². The molecule has 0 amide bonds. The van der Waals surface area contributed by atoms with Crippen molar-refractivity contribution >= 4 is 102 Å². The molecule has 2 heterocycles. The van der Waals surface area contributed by atoms with E-state index in [-0.39, 0.29) is 0 Å². The maximum atomic E-state index is 2.88. The van der Waals surface area contributed by atoms with Crippen molar-refractivity contribution in [2.45, 2.75) is 205 Å². The molecule has 2 aromatic heterocycles. The Labute approximate surface area is 361 Å². The third kappa shape index (κ3) is 9.10. The van der Waals surface area contributed by atoms with Gasteiger partial charge >= 0.3 is 364 Å². The van der Waals surface area contributed by atoms with Crippen molar-refractivity contribution in [3.05, 3.63) is 56.4 Å². The van der Waals surface area contributed by atoms with Crippen molar-refractivity contribution in [2.24, 2.45) is 0 Å². The zero-order valence-corrected chi connectivity index (χ0v) is 45.8. The number of hydrogen-bond acceptors (Lipinski definition) is 0. The molecule has 0 aliphatic heterocycles. The molecule has 0 N–H and O–H groups in total. The average Bonchev–Trinajstić information content (AvgIpc) is 3.94. The summed E-state index contributed by atoms with van der Waals surface area (Å²) in [7, 11) is -5.08. The van der Waals surface area contributed by atoms with Gasteiger partial charge in [0.25, 0.3) is 0 Å². The normalized spacial score (nSPS) is 13.4. The predicted octanol–water partition coefficient (Wildman–Crippen LogP) is 16.6. The van der Waals surface area contributed by atoms with E-state index < -0.39 is 32.3 Å². The van der Waals surface area contributed by atoms with Gasteiger partial charge in [0.15, 0.2) is 0 Å². The number of fused-ring (bicyclic) bond motifs is 4. The van der Waals surface area contributed by atoms with Gasteiger partial charge in [0.05, 0.1) is 0 Å². The molecule has 0 aliphatic carbocycles. The molecule has 3 aromatic carbocycles. The van der Waals surface area contributed by atoms with Crippen LogP contribution in [0.15, 0.2) is 34.1 Å². The summed E-state index contributed by atoms with van der Waals surface area (Å²) in [4.78, 5) is 5.20. The molecule has 5 rings (SSSR count). The van der Waals surface area contributed by atoms with Gasteiger partial charge in [-0.15, -0.1) is 0 Å². The number of hydrogen-bond donors (Lipinski definition) is 0. The number of rotatable bonds is 24. The van der Waals surface area contributed by atoms with Gasteiger partial charge in [-0.2, -0.15) is 0 Å². The molecule has 0 nitrogen and oxygen atoms in total. The van der Waals surface area contributed by atoms with Gasteiger partial charge in [-0.05, 0) is 0 Å². The van der Waals surface area contributed by atoms with E-state index in [1.165, 1.54) is 122 Å². The summed E-state index contributed by atoms with van der Waals surface area (Å²) in [5.74, 6) is 0. The summed E-state index contributed by atoms with van der Waals surface area (Å²) >= 11 is 0.902. The second-order valence-corrected chi connectivity index (χ2v) is 44.8. The number of benzene rings is 3. The van der Waals surface area contributed by atoms with Gasteiger partial charge in [0.1, 0.15) is 0 Å². The van der Waals surface area contributed by atoms with Crippen LogP contribution < -0.4 is 0 Å². The first-order valence-electron chi connectivity index (χ1n) is 23.8. The molecule has 0 saturated carbocycles. The van der Waals surface area contributed by atoms with E-state index in [4.69, 9.17) is 0 Å². The van der Waals surface area contributed by atoms with Crippen LogP contribution in [-0.4, -0.2) is 61.3 Å². The topological polar surface area (TPSA) is 0 Å². The average molecular weight is 953 g/mol. The Morgan fingerprint density at radius 1 is 0.321 bits per heavy atom. The minimum atomic E-state index is -1.27. The van der Waals surface area contributed by atoms with Crippen LogP contribution in [0, 0.1) is 0 Å². The van der Waals surface area contributed by atoms with Crippen LogP contribution in [-0.2, 0) is 25.7 Å². The van der Waals surface area contributed by atoms with Gasteiger partial charge < -0.3 is 0 Å². The van der Waals surface area contributed by atoms with E-state index in [0.29, 0.717) is 29.0 Å². The zero-order valence-electron chi connectivity index (χ0n) is 38.4. The fourth-order valence-electron chi connectivity index (χ4n) is 11.4. The van der Waals surface area contributed by atoms with Crippen LogP contribution in [0.2, 0.25) is 96.7 Å². The number of aryl methyl sites for hydroxylation is 4. The van der Waals surface area contributed by atoms with Crippen molar-refractivity contribution in [3.63, 3.8) is 0 Å². The first-order chi connectivity index (χ1) is 27.0. The molecule has 6 heteroatoms. The maximum absolute atomic E-state index is 2.88. The van der Waals surface area contributed by atoms with E-state index in [1.807, 2.05) is 0 Å². The Morgan fingerprint density at radius 3 is 0.804 bits per heavy atom. The van der Waals surface area contributed by atoms with E-state index >= 15 is 0 Å². The monoisotopic (exact) mass is 954 g/mol. The van der Waals surface area contributed by atoms with E-state index in [2.05, 4.69) is 117 Å². The molecule has 0 atom stereocenters. The second-order valence-electron chi connectivity index (χ2n) is 18.4. The van der Waals surface area contributed by atoms with Crippen LogP contribution in [0.3, 0.4) is 0 Å². The molecule has 0 aliphatic rings. The Hall–Kier alpha value is -0.434. The standard InChI is InChI=1S/C50H82Se2Si4/c1-13-53(14-2,15-3)33-27-39-41-25-31-51-49(41)43(29-35-55(19-7,20-8)21-9)47-38-46-40(28-34-54(16-4,17-5)18-6)42-26-32-52-50(42)44(48(46)37-45(39)47)30-36-56(22-10,23-11)24-12/h25-26,31-32,37-38H,13-24,27-30,33-36H2,1-12H3. The van der Waals surface area contributed by atoms with E-state index in [9.17, 15) is 0 Å². The fourth-order valence-corrected chi connectivity index (χ4v) is 29.0. The molecule has 0 bridgehead atoms. The molecule has 0 fully saturated rings. The summed E-state index contributed by atoms with van der Waals surface area (Å²) < 4.78 is 3.57. The molecule has 5 aromatic rings. The quantitative estimate of drug-likeness (QED) is 0.0427. The van der Waals surface area contributed by atoms with Crippen molar-refractivity contribution in [1.82, 2.24) is 0 Å². The third-order valence-corrected chi connectivity index (χ3v) is 44.9. The molecule has 0 saturated heterocycles. The van der Waals surface area contributed by atoms with E-state index in [0.717, 1.165) is 0 Å². The van der Waals surface area contributed by atoms with Gasteiger partial charge in [0, 0.05) is 0 Å². The molecule has 56 heavy (non-hydrogen) atoms. The SMILES string of the molecule is CC[Si](CC)(CC)CCc1c2cc3c(CC[Si](CC)(CC)CC)c4[se]ccc4c(CC[Si](CC)(CC)CC)c3cc2c(CC[Si](CC)(CC)CC)c2[se]ccc12. The molecule has 310 valence electrons. The first-order valence-corrected chi connectivity index (χ1v) is 38.8. The minimum absolute atomic E-state index is 0.451. The van der Waals surface area contributed by atoms with Gasteiger partial charge in [0.2, 0.25) is 0 Å². The Morgan fingerprint density at radius 2 is 0.554 bits per heavy atom. The molecule has 0 radical (unpaired) electrons. The second kappa shape index (κ2) is 20.4. The van der Waals surface area contributed by atoms with Crippen molar-refractivity contribution in [3.8, 4) is 0 Å². The van der Waals surface area contributed by atoms with Gasteiger partial charge in [-0.25, -0.2) is 0 Å². The Kier molecular flexibility index (Phi) is 17.0. The summed E-state index contributed by atoms with van der Waals surface area (Å²) in [6.45, 7) is 30.3. The summed E-state index contributed by atoms with van der Waals surface area (Å²) in [6.07, 6.45) is 5.19. The van der Waals surface area contributed by atoms with Crippen LogP contribution in [0.4, 0.5) is 0 Å². The molecule has 0 spiro atoms.